The quantitative estimate of drug-likeness (QED) is 0.863. The Kier molecular flexibility index (Phi) is 4.18. The van der Waals surface area contributed by atoms with Gasteiger partial charge in [0.25, 0.3) is 0 Å². The monoisotopic (exact) mass is 256 g/mol. The molecule has 0 saturated carbocycles. The first-order chi connectivity index (χ1) is 9.18. The van der Waals surface area contributed by atoms with Crippen LogP contribution >= 0.6 is 0 Å². The molecule has 2 aromatic carbocycles. The van der Waals surface area contributed by atoms with Crippen LogP contribution in [0.15, 0.2) is 48.5 Å². The molecule has 0 heterocycles. The minimum absolute atomic E-state index is 0.0304. The molecule has 2 N–H and O–H groups in total. The molecule has 2 rings (SSSR count). The van der Waals surface area contributed by atoms with Crippen molar-refractivity contribution in [2.75, 3.05) is 0 Å². The minimum atomic E-state index is -1.09. The maximum Gasteiger partial charge on any atom is 0.339 e. The second kappa shape index (κ2) is 6.05. The number of aryl methyl sites for hydroxylation is 2. The first-order valence-electron chi connectivity index (χ1n) is 6.26. The zero-order valence-electron chi connectivity index (χ0n) is 10.5. The summed E-state index contributed by atoms with van der Waals surface area (Å²) < 4.78 is 0. The van der Waals surface area contributed by atoms with Crippen molar-refractivity contribution >= 4 is 5.97 Å². The Morgan fingerprint density at radius 2 is 1.68 bits per heavy atom. The summed E-state index contributed by atoms with van der Waals surface area (Å²) in [7, 11) is 0. The lowest BCUT2D eigenvalue weighted by atomic mass is 10.0. The van der Waals surface area contributed by atoms with Gasteiger partial charge in [-0.05, 0) is 36.5 Å². The van der Waals surface area contributed by atoms with Crippen LogP contribution < -0.4 is 0 Å². The van der Waals surface area contributed by atoms with Crippen molar-refractivity contribution < 1.29 is 15.0 Å². The summed E-state index contributed by atoms with van der Waals surface area (Å²) in [4.78, 5) is 10.9. The standard InChI is InChI=1S/C16H16O3/c17-15-13(10-5-11-14(15)16(18)19)9-4-8-12-6-2-1-3-7-12/h1-3,5-7,10-11,17H,4,8-9H2,(H,18,19). The Labute approximate surface area is 112 Å². The third-order valence-electron chi connectivity index (χ3n) is 3.10. The highest BCUT2D eigenvalue weighted by atomic mass is 16.4. The smallest absolute Gasteiger partial charge is 0.339 e. The van der Waals surface area contributed by atoms with Crippen LogP contribution in [0.1, 0.15) is 27.9 Å². The third-order valence-corrected chi connectivity index (χ3v) is 3.10. The Morgan fingerprint density at radius 3 is 2.37 bits per heavy atom. The molecule has 0 aliphatic carbocycles. The van der Waals surface area contributed by atoms with Crippen molar-refractivity contribution in [1.82, 2.24) is 0 Å². The van der Waals surface area contributed by atoms with Gasteiger partial charge in [-0.2, -0.15) is 0 Å². The van der Waals surface area contributed by atoms with Crippen LogP contribution in [-0.2, 0) is 12.8 Å². The van der Waals surface area contributed by atoms with Gasteiger partial charge in [0.1, 0.15) is 11.3 Å². The lowest BCUT2D eigenvalue weighted by Crippen LogP contribution is -1.99. The van der Waals surface area contributed by atoms with E-state index in [1.54, 1.807) is 12.1 Å². The number of carboxylic acids is 1. The Balaban J connectivity index is 2.00. The first kappa shape index (κ1) is 13.1. The number of para-hydroxylation sites is 1. The Morgan fingerprint density at radius 1 is 0.947 bits per heavy atom. The normalized spacial score (nSPS) is 10.3. The number of hydrogen-bond acceptors (Lipinski definition) is 2. The molecule has 0 saturated heterocycles. The van der Waals surface area contributed by atoms with E-state index in [4.69, 9.17) is 5.11 Å². The second-order valence-corrected chi connectivity index (χ2v) is 4.46. The average Bonchev–Trinajstić information content (AvgIpc) is 2.41. The van der Waals surface area contributed by atoms with E-state index in [2.05, 4.69) is 12.1 Å². The summed E-state index contributed by atoms with van der Waals surface area (Å²) >= 11 is 0. The lowest BCUT2D eigenvalue weighted by molar-refractivity contribution is 0.0693. The number of carboxylic acid groups (broad SMARTS) is 1. The van der Waals surface area contributed by atoms with Gasteiger partial charge in [0, 0.05) is 0 Å². The summed E-state index contributed by atoms with van der Waals surface area (Å²) in [6.07, 6.45) is 2.46. The SMILES string of the molecule is O=C(O)c1cccc(CCCc2ccccc2)c1O. The average molecular weight is 256 g/mol. The lowest BCUT2D eigenvalue weighted by Gasteiger charge is -2.07. The molecule has 0 bridgehead atoms. The van der Waals surface area contributed by atoms with E-state index in [1.807, 2.05) is 18.2 Å². The van der Waals surface area contributed by atoms with Crippen LogP contribution in [0.5, 0.6) is 5.75 Å². The van der Waals surface area contributed by atoms with E-state index < -0.39 is 5.97 Å². The largest absolute Gasteiger partial charge is 0.507 e. The molecule has 0 unspecified atom stereocenters. The van der Waals surface area contributed by atoms with E-state index in [1.165, 1.54) is 11.6 Å². The predicted octanol–water partition coefficient (Wildman–Crippen LogP) is 3.27. The van der Waals surface area contributed by atoms with Gasteiger partial charge in [-0.1, -0.05) is 42.5 Å². The molecule has 0 aliphatic heterocycles. The fourth-order valence-electron chi connectivity index (χ4n) is 2.09. The molecule has 0 atom stereocenters. The van der Waals surface area contributed by atoms with E-state index in [0.29, 0.717) is 12.0 Å². The highest BCUT2D eigenvalue weighted by molar-refractivity contribution is 5.91. The molecule has 0 radical (unpaired) electrons. The number of hydrogen-bond donors (Lipinski definition) is 2. The van der Waals surface area contributed by atoms with Gasteiger partial charge < -0.3 is 10.2 Å². The van der Waals surface area contributed by atoms with Gasteiger partial charge >= 0.3 is 5.97 Å². The van der Waals surface area contributed by atoms with Crippen molar-refractivity contribution in [2.45, 2.75) is 19.3 Å². The minimum Gasteiger partial charge on any atom is -0.507 e. The molecule has 2 aromatic rings. The second-order valence-electron chi connectivity index (χ2n) is 4.46. The van der Waals surface area contributed by atoms with Crippen LogP contribution in [-0.4, -0.2) is 16.2 Å². The Bertz CT molecular complexity index is 561. The summed E-state index contributed by atoms with van der Waals surface area (Å²) in [5.74, 6) is -1.20. The van der Waals surface area contributed by atoms with E-state index in [0.717, 1.165) is 12.8 Å². The fraction of sp³-hybridized carbons (Fsp3) is 0.188. The number of aromatic carboxylic acids is 1. The van der Waals surface area contributed by atoms with E-state index in [-0.39, 0.29) is 11.3 Å². The molecule has 0 amide bonds. The maximum absolute atomic E-state index is 10.9. The number of rotatable bonds is 5. The van der Waals surface area contributed by atoms with Gasteiger partial charge in [0.2, 0.25) is 0 Å². The molecular weight excluding hydrogens is 240 g/mol. The molecule has 3 heteroatoms. The van der Waals surface area contributed by atoms with Crippen LogP contribution in [0.2, 0.25) is 0 Å². The topological polar surface area (TPSA) is 57.5 Å². The Hall–Kier alpha value is -2.29. The maximum atomic E-state index is 10.9. The van der Waals surface area contributed by atoms with Crippen molar-refractivity contribution in [2.24, 2.45) is 0 Å². The molecule has 98 valence electrons. The molecule has 0 spiro atoms. The van der Waals surface area contributed by atoms with Crippen molar-refractivity contribution in [3.63, 3.8) is 0 Å². The van der Waals surface area contributed by atoms with E-state index >= 15 is 0 Å². The molecule has 0 fully saturated rings. The van der Waals surface area contributed by atoms with Crippen molar-refractivity contribution in [3.05, 3.63) is 65.2 Å². The summed E-state index contributed by atoms with van der Waals surface area (Å²) in [6, 6.07) is 15.0. The van der Waals surface area contributed by atoms with Crippen LogP contribution in [0, 0.1) is 0 Å². The molecule has 3 nitrogen and oxygen atoms in total. The van der Waals surface area contributed by atoms with Crippen molar-refractivity contribution in [1.29, 1.82) is 0 Å². The molecular formula is C16H16O3. The van der Waals surface area contributed by atoms with Gasteiger partial charge in [0.05, 0.1) is 0 Å². The van der Waals surface area contributed by atoms with Gasteiger partial charge in [-0.25, -0.2) is 4.79 Å². The number of benzene rings is 2. The number of phenols is 1. The number of carbonyl (C=O) groups is 1. The van der Waals surface area contributed by atoms with Crippen LogP contribution in [0.3, 0.4) is 0 Å². The first-order valence-corrected chi connectivity index (χ1v) is 6.26. The number of aromatic hydroxyl groups is 1. The predicted molar refractivity (Wildman–Crippen MR) is 73.5 cm³/mol. The summed E-state index contributed by atoms with van der Waals surface area (Å²) in [5.41, 5.74) is 1.91. The van der Waals surface area contributed by atoms with Crippen LogP contribution in [0.25, 0.3) is 0 Å². The van der Waals surface area contributed by atoms with Gasteiger partial charge in [-0.3, -0.25) is 0 Å². The molecule has 0 aromatic heterocycles. The van der Waals surface area contributed by atoms with Gasteiger partial charge in [-0.15, -0.1) is 0 Å². The van der Waals surface area contributed by atoms with Crippen molar-refractivity contribution in [3.8, 4) is 5.75 Å². The molecule has 19 heavy (non-hydrogen) atoms. The highest BCUT2D eigenvalue weighted by Gasteiger charge is 2.12. The summed E-state index contributed by atoms with van der Waals surface area (Å²) in [5, 5.41) is 18.8. The zero-order chi connectivity index (χ0) is 13.7. The van der Waals surface area contributed by atoms with Gasteiger partial charge in [0.15, 0.2) is 0 Å². The fourth-order valence-corrected chi connectivity index (χ4v) is 2.09. The summed E-state index contributed by atoms with van der Waals surface area (Å²) in [6.45, 7) is 0. The molecule has 0 aliphatic rings. The van der Waals surface area contributed by atoms with Crippen LogP contribution in [0.4, 0.5) is 0 Å². The van der Waals surface area contributed by atoms with E-state index in [9.17, 15) is 9.90 Å². The third kappa shape index (κ3) is 3.35. The zero-order valence-corrected chi connectivity index (χ0v) is 10.5. The highest BCUT2D eigenvalue weighted by Crippen LogP contribution is 2.24.